The van der Waals surface area contributed by atoms with Crippen LogP contribution in [0, 0.1) is 0 Å². The Labute approximate surface area is 125 Å². The van der Waals surface area contributed by atoms with Crippen LogP contribution in [0.25, 0.3) is 0 Å². The maximum absolute atomic E-state index is 12.5. The average Bonchev–Trinajstić information content (AvgIpc) is 2.93. The Morgan fingerprint density at radius 2 is 2.29 bits per heavy atom. The summed E-state index contributed by atoms with van der Waals surface area (Å²) in [6.45, 7) is 0. The van der Waals surface area contributed by atoms with Gasteiger partial charge in [0.15, 0.2) is 5.78 Å². The minimum atomic E-state index is -0.562. The fraction of sp³-hybridized carbons (Fsp3) is 0.412. The highest BCUT2D eigenvalue weighted by Crippen LogP contribution is 2.34. The normalized spacial score (nSPS) is 19.0. The number of carbonyl (C=O) groups excluding carboxylic acids is 1. The molecule has 110 valence electrons. The molecule has 3 rings (SSSR count). The van der Waals surface area contributed by atoms with Crippen LogP contribution in [0.2, 0.25) is 0 Å². The van der Waals surface area contributed by atoms with Crippen LogP contribution < -0.4 is 5.73 Å². The summed E-state index contributed by atoms with van der Waals surface area (Å²) in [5.74, 6) is 0.412. The van der Waals surface area contributed by atoms with Crippen LogP contribution in [0.3, 0.4) is 0 Å². The summed E-state index contributed by atoms with van der Waals surface area (Å²) in [5.41, 5.74) is 9.60. The molecular formula is C17H21N3O. The molecule has 0 saturated carbocycles. The van der Waals surface area contributed by atoms with Crippen LogP contribution >= 0.6 is 0 Å². The standard InChI is InChI=1S/C17H21N3O/c1-20-11-14(10-19-20)17(18)16(21)9-13-7-4-6-12-5-2-3-8-15(12)13/h2-3,5,8,10-11,13,17H,4,6-7,9,18H2,1H3. The predicted octanol–water partition coefficient (Wildman–Crippen LogP) is 2.50. The number of Topliss-reactive ketones (excluding diaryl/α,β-unsaturated/α-hetero) is 1. The summed E-state index contributed by atoms with van der Waals surface area (Å²) in [6.07, 6.45) is 7.36. The van der Waals surface area contributed by atoms with Crippen molar-refractivity contribution in [1.29, 1.82) is 0 Å². The molecule has 2 aromatic rings. The first-order valence-electron chi connectivity index (χ1n) is 7.50. The van der Waals surface area contributed by atoms with Crippen molar-refractivity contribution >= 4 is 5.78 Å². The van der Waals surface area contributed by atoms with E-state index in [-0.39, 0.29) is 5.78 Å². The molecule has 4 nitrogen and oxygen atoms in total. The van der Waals surface area contributed by atoms with E-state index >= 15 is 0 Å². The van der Waals surface area contributed by atoms with Crippen molar-refractivity contribution in [1.82, 2.24) is 9.78 Å². The molecule has 0 amide bonds. The molecule has 2 N–H and O–H groups in total. The molecule has 0 radical (unpaired) electrons. The number of nitrogens with zero attached hydrogens (tertiary/aromatic N) is 2. The second kappa shape index (κ2) is 5.82. The Morgan fingerprint density at radius 3 is 3.05 bits per heavy atom. The summed E-state index contributed by atoms with van der Waals surface area (Å²) >= 11 is 0. The molecule has 1 aliphatic rings. The molecule has 0 fully saturated rings. The van der Waals surface area contributed by atoms with Crippen LogP contribution in [-0.4, -0.2) is 15.6 Å². The van der Waals surface area contributed by atoms with Gasteiger partial charge in [0.25, 0.3) is 0 Å². The van der Waals surface area contributed by atoms with Gasteiger partial charge >= 0.3 is 0 Å². The van der Waals surface area contributed by atoms with E-state index in [4.69, 9.17) is 5.73 Å². The second-order valence-electron chi connectivity index (χ2n) is 5.88. The van der Waals surface area contributed by atoms with Crippen molar-refractivity contribution in [3.63, 3.8) is 0 Å². The number of fused-ring (bicyclic) bond motifs is 1. The van der Waals surface area contributed by atoms with Crippen molar-refractivity contribution in [2.24, 2.45) is 12.8 Å². The van der Waals surface area contributed by atoms with Crippen molar-refractivity contribution < 1.29 is 4.79 Å². The average molecular weight is 283 g/mol. The zero-order chi connectivity index (χ0) is 14.8. The predicted molar refractivity (Wildman–Crippen MR) is 81.9 cm³/mol. The molecule has 0 aliphatic heterocycles. The number of aryl methyl sites for hydroxylation is 2. The summed E-state index contributed by atoms with van der Waals surface area (Å²) < 4.78 is 1.68. The van der Waals surface area contributed by atoms with E-state index in [1.165, 1.54) is 11.1 Å². The second-order valence-corrected chi connectivity index (χ2v) is 5.88. The lowest BCUT2D eigenvalue weighted by Gasteiger charge is -2.25. The van der Waals surface area contributed by atoms with Crippen LogP contribution in [0.1, 0.15) is 47.9 Å². The highest BCUT2D eigenvalue weighted by molar-refractivity contribution is 5.85. The Kier molecular flexibility index (Phi) is 3.88. The van der Waals surface area contributed by atoms with Gasteiger partial charge in [-0.1, -0.05) is 24.3 Å². The van der Waals surface area contributed by atoms with Gasteiger partial charge in [-0.3, -0.25) is 9.48 Å². The Hall–Kier alpha value is -1.94. The fourth-order valence-electron chi connectivity index (χ4n) is 3.22. The van der Waals surface area contributed by atoms with E-state index in [1.807, 2.05) is 13.2 Å². The van der Waals surface area contributed by atoms with Gasteiger partial charge in [0.1, 0.15) is 0 Å². The van der Waals surface area contributed by atoms with E-state index in [1.54, 1.807) is 10.9 Å². The molecular weight excluding hydrogens is 262 g/mol. The zero-order valence-corrected chi connectivity index (χ0v) is 12.3. The highest BCUT2D eigenvalue weighted by Gasteiger charge is 2.25. The molecule has 21 heavy (non-hydrogen) atoms. The summed E-state index contributed by atoms with van der Waals surface area (Å²) in [4.78, 5) is 12.5. The molecule has 1 aromatic heterocycles. The summed E-state index contributed by atoms with van der Waals surface area (Å²) in [7, 11) is 1.83. The Balaban J connectivity index is 1.74. The first-order valence-corrected chi connectivity index (χ1v) is 7.50. The SMILES string of the molecule is Cn1cc(C(N)C(=O)CC2CCCc3ccccc32)cn1. The largest absolute Gasteiger partial charge is 0.318 e. The third kappa shape index (κ3) is 2.90. The van der Waals surface area contributed by atoms with Gasteiger partial charge in [-0.15, -0.1) is 0 Å². The molecule has 0 bridgehead atoms. The third-order valence-electron chi connectivity index (χ3n) is 4.37. The molecule has 0 saturated heterocycles. The molecule has 2 unspecified atom stereocenters. The van der Waals surface area contributed by atoms with Crippen molar-refractivity contribution in [3.8, 4) is 0 Å². The quantitative estimate of drug-likeness (QED) is 0.937. The van der Waals surface area contributed by atoms with E-state index in [9.17, 15) is 4.79 Å². The van der Waals surface area contributed by atoms with Gasteiger partial charge in [0.05, 0.1) is 12.2 Å². The molecule has 2 atom stereocenters. The van der Waals surface area contributed by atoms with Gasteiger partial charge in [0.2, 0.25) is 0 Å². The molecule has 1 aromatic carbocycles. The van der Waals surface area contributed by atoms with Crippen LogP contribution in [-0.2, 0) is 18.3 Å². The highest BCUT2D eigenvalue weighted by atomic mass is 16.1. The topological polar surface area (TPSA) is 60.9 Å². The van der Waals surface area contributed by atoms with Crippen LogP contribution in [0.5, 0.6) is 0 Å². The number of benzene rings is 1. The number of aromatic nitrogens is 2. The number of nitrogens with two attached hydrogens (primary N) is 1. The summed E-state index contributed by atoms with van der Waals surface area (Å²) in [6, 6.07) is 7.90. The van der Waals surface area contributed by atoms with E-state index < -0.39 is 6.04 Å². The fourth-order valence-corrected chi connectivity index (χ4v) is 3.22. The van der Waals surface area contributed by atoms with Gasteiger partial charge in [-0.25, -0.2) is 0 Å². The number of rotatable bonds is 4. The summed E-state index contributed by atoms with van der Waals surface area (Å²) in [5, 5.41) is 4.09. The first kappa shape index (κ1) is 14.0. The van der Waals surface area contributed by atoms with Crippen molar-refractivity contribution in [2.45, 2.75) is 37.6 Å². The molecule has 4 heteroatoms. The number of hydrogen-bond acceptors (Lipinski definition) is 3. The van der Waals surface area contributed by atoms with Gasteiger partial charge in [-0.05, 0) is 36.3 Å². The minimum absolute atomic E-state index is 0.102. The Morgan fingerprint density at radius 1 is 1.48 bits per heavy atom. The van der Waals surface area contributed by atoms with E-state index in [0.717, 1.165) is 24.8 Å². The molecule has 0 spiro atoms. The lowest BCUT2D eigenvalue weighted by atomic mass is 9.79. The number of hydrogen-bond donors (Lipinski definition) is 1. The first-order chi connectivity index (χ1) is 10.1. The van der Waals surface area contributed by atoms with Crippen LogP contribution in [0.15, 0.2) is 36.7 Å². The van der Waals surface area contributed by atoms with E-state index in [2.05, 4.69) is 29.4 Å². The third-order valence-corrected chi connectivity index (χ3v) is 4.37. The van der Waals surface area contributed by atoms with Crippen molar-refractivity contribution in [2.75, 3.05) is 0 Å². The number of ketones is 1. The van der Waals surface area contributed by atoms with Crippen LogP contribution in [0.4, 0.5) is 0 Å². The van der Waals surface area contributed by atoms with Gasteiger partial charge in [-0.2, -0.15) is 5.10 Å². The zero-order valence-electron chi connectivity index (χ0n) is 12.3. The smallest absolute Gasteiger partial charge is 0.154 e. The van der Waals surface area contributed by atoms with Gasteiger partial charge in [0, 0.05) is 25.2 Å². The molecule has 1 aliphatic carbocycles. The van der Waals surface area contributed by atoms with Gasteiger partial charge < -0.3 is 5.73 Å². The number of carbonyl (C=O) groups is 1. The maximum atomic E-state index is 12.5. The van der Waals surface area contributed by atoms with Crippen molar-refractivity contribution in [3.05, 3.63) is 53.3 Å². The van der Waals surface area contributed by atoms with E-state index in [0.29, 0.717) is 12.3 Å². The Bertz CT molecular complexity index is 647. The lowest BCUT2D eigenvalue weighted by molar-refractivity contribution is -0.120. The maximum Gasteiger partial charge on any atom is 0.154 e. The monoisotopic (exact) mass is 283 g/mol. The molecule has 1 heterocycles. The lowest BCUT2D eigenvalue weighted by Crippen LogP contribution is -2.24. The minimum Gasteiger partial charge on any atom is -0.318 e.